The number of anilines is 1. The molecule has 0 aliphatic carbocycles. The first-order valence-corrected chi connectivity index (χ1v) is 11.2. The normalized spacial score (nSPS) is 18.5. The van der Waals surface area contributed by atoms with E-state index in [1.165, 1.54) is 6.07 Å². The van der Waals surface area contributed by atoms with Gasteiger partial charge in [-0.3, -0.25) is 4.31 Å². The summed E-state index contributed by atoms with van der Waals surface area (Å²) in [6, 6.07) is 16.3. The topological polar surface area (TPSA) is 86.7 Å². The lowest BCUT2D eigenvalue weighted by Crippen LogP contribution is -2.30. The molecule has 28 heavy (non-hydrogen) atoms. The number of carbonyl (C=O) groups excluding carboxylic acids is 1. The second kappa shape index (κ2) is 7.12. The first-order valence-electron chi connectivity index (χ1n) is 8.58. The number of phenolic OH excluding ortho intramolecular Hbond substituents is 1. The maximum atomic E-state index is 12.3. The average molecular weight is 415 g/mol. The molecule has 0 amide bonds. The van der Waals surface area contributed by atoms with Gasteiger partial charge in [-0.2, -0.15) is 13.1 Å². The molecule has 1 saturated heterocycles. The minimum absolute atomic E-state index is 0.0552. The van der Waals surface area contributed by atoms with Crippen molar-refractivity contribution >= 4 is 44.7 Å². The average Bonchev–Trinajstić information content (AvgIpc) is 3.01. The lowest BCUT2D eigenvalue weighted by Gasteiger charge is -2.18. The van der Waals surface area contributed by atoms with E-state index >= 15 is 0 Å². The Morgan fingerprint density at radius 3 is 2.61 bits per heavy atom. The van der Waals surface area contributed by atoms with Gasteiger partial charge in [-0.05, 0) is 58.5 Å². The molecule has 1 aliphatic rings. The fourth-order valence-corrected chi connectivity index (χ4v) is 5.18. The van der Waals surface area contributed by atoms with Gasteiger partial charge < -0.3 is 9.90 Å². The Morgan fingerprint density at radius 2 is 1.89 bits per heavy atom. The molecular weight excluding hydrogens is 396 g/mol. The SMILES string of the molecule is CSc1cccc(-c2ccc3cc(O)c(N4CC(C=O)NS4(=O)=O)cc3c2)c1. The zero-order valence-corrected chi connectivity index (χ0v) is 16.6. The van der Waals surface area contributed by atoms with Crippen LogP contribution in [0.2, 0.25) is 0 Å². The number of nitrogens with zero attached hydrogens (tertiary/aromatic N) is 1. The van der Waals surface area contributed by atoms with E-state index in [4.69, 9.17) is 0 Å². The van der Waals surface area contributed by atoms with Crippen LogP contribution in [0.15, 0.2) is 59.5 Å². The highest BCUT2D eigenvalue weighted by Crippen LogP contribution is 2.37. The Hall–Kier alpha value is -2.55. The maximum Gasteiger partial charge on any atom is 0.302 e. The van der Waals surface area contributed by atoms with Crippen molar-refractivity contribution < 1.29 is 18.3 Å². The smallest absolute Gasteiger partial charge is 0.302 e. The van der Waals surface area contributed by atoms with Crippen LogP contribution in [0.4, 0.5) is 5.69 Å². The Balaban J connectivity index is 1.81. The largest absolute Gasteiger partial charge is 0.506 e. The van der Waals surface area contributed by atoms with Crippen molar-refractivity contribution in [1.29, 1.82) is 0 Å². The predicted octanol–water partition coefficient (Wildman–Crippen LogP) is 3.16. The first kappa shape index (κ1) is 18.8. The van der Waals surface area contributed by atoms with Crippen LogP contribution in [0.1, 0.15) is 0 Å². The molecule has 8 heteroatoms. The number of hydrogen-bond donors (Lipinski definition) is 2. The standard InChI is InChI=1S/C20H18N2O4S2/c1-27-18-4-2-3-13(8-18)14-5-6-15-10-20(24)19(9-16(15)7-14)22-11-17(12-23)21-28(22,25)26/h2-10,12,17,21,24H,11H2,1H3. The van der Waals surface area contributed by atoms with E-state index in [1.54, 1.807) is 17.8 Å². The van der Waals surface area contributed by atoms with Gasteiger partial charge in [-0.25, -0.2) is 0 Å². The summed E-state index contributed by atoms with van der Waals surface area (Å²) in [4.78, 5) is 12.2. The number of phenols is 1. The van der Waals surface area contributed by atoms with E-state index < -0.39 is 16.3 Å². The monoisotopic (exact) mass is 414 g/mol. The van der Waals surface area contributed by atoms with Crippen LogP contribution in [0, 0.1) is 0 Å². The quantitative estimate of drug-likeness (QED) is 0.506. The molecule has 1 fully saturated rings. The molecule has 6 nitrogen and oxygen atoms in total. The highest BCUT2D eigenvalue weighted by Gasteiger charge is 2.36. The Kier molecular flexibility index (Phi) is 4.78. The van der Waals surface area contributed by atoms with Crippen LogP contribution in [-0.2, 0) is 15.0 Å². The molecule has 4 rings (SSSR count). The summed E-state index contributed by atoms with van der Waals surface area (Å²) in [6.07, 6.45) is 2.57. The number of fused-ring (bicyclic) bond motifs is 1. The lowest BCUT2D eigenvalue weighted by atomic mass is 10.0. The van der Waals surface area contributed by atoms with Crippen molar-refractivity contribution in [3.05, 3.63) is 54.6 Å². The Labute approximate surface area is 167 Å². The number of aromatic hydroxyl groups is 1. The van der Waals surface area contributed by atoms with E-state index in [2.05, 4.69) is 10.8 Å². The summed E-state index contributed by atoms with van der Waals surface area (Å²) >= 11 is 1.66. The van der Waals surface area contributed by atoms with Crippen molar-refractivity contribution in [2.75, 3.05) is 17.1 Å². The number of thioether (sulfide) groups is 1. The summed E-state index contributed by atoms with van der Waals surface area (Å²) in [5.41, 5.74) is 2.20. The minimum Gasteiger partial charge on any atom is -0.506 e. The predicted molar refractivity (Wildman–Crippen MR) is 112 cm³/mol. The molecule has 1 aliphatic heterocycles. The molecule has 1 unspecified atom stereocenters. The van der Waals surface area contributed by atoms with Gasteiger partial charge in [-0.1, -0.05) is 24.3 Å². The zero-order valence-electron chi connectivity index (χ0n) is 15.0. The van der Waals surface area contributed by atoms with Gasteiger partial charge in [-0.15, -0.1) is 11.8 Å². The van der Waals surface area contributed by atoms with Crippen LogP contribution in [-0.4, -0.2) is 38.7 Å². The number of hydrogen-bond acceptors (Lipinski definition) is 5. The zero-order chi connectivity index (χ0) is 19.9. The van der Waals surface area contributed by atoms with Crippen LogP contribution < -0.4 is 9.03 Å². The molecule has 0 aromatic heterocycles. The molecule has 3 aromatic carbocycles. The number of aldehydes is 1. The number of rotatable bonds is 4. The Morgan fingerprint density at radius 1 is 1.11 bits per heavy atom. The molecule has 1 atom stereocenters. The molecule has 0 saturated carbocycles. The van der Waals surface area contributed by atoms with Gasteiger partial charge in [0.15, 0.2) is 0 Å². The van der Waals surface area contributed by atoms with E-state index in [-0.39, 0.29) is 18.0 Å². The molecule has 144 valence electrons. The van der Waals surface area contributed by atoms with Crippen LogP contribution >= 0.6 is 11.8 Å². The van der Waals surface area contributed by atoms with Gasteiger partial charge in [0.05, 0.1) is 18.3 Å². The van der Waals surface area contributed by atoms with Crippen molar-refractivity contribution in [2.45, 2.75) is 10.9 Å². The van der Waals surface area contributed by atoms with Gasteiger partial charge in [0.25, 0.3) is 0 Å². The summed E-state index contributed by atoms with van der Waals surface area (Å²) in [7, 11) is -3.87. The van der Waals surface area contributed by atoms with E-state index in [0.29, 0.717) is 6.29 Å². The van der Waals surface area contributed by atoms with E-state index in [0.717, 1.165) is 31.1 Å². The van der Waals surface area contributed by atoms with Crippen molar-refractivity contribution in [3.63, 3.8) is 0 Å². The van der Waals surface area contributed by atoms with Gasteiger partial charge in [0.1, 0.15) is 12.0 Å². The maximum absolute atomic E-state index is 12.3. The second-order valence-electron chi connectivity index (χ2n) is 6.53. The van der Waals surface area contributed by atoms with Crippen molar-refractivity contribution in [1.82, 2.24) is 4.72 Å². The second-order valence-corrected chi connectivity index (χ2v) is 9.04. The van der Waals surface area contributed by atoms with Gasteiger partial charge >= 0.3 is 10.2 Å². The van der Waals surface area contributed by atoms with E-state index in [9.17, 15) is 18.3 Å². The third kappa shape index (κ3) is 3.34. The number of carbonyl (C=O) groups is 1. The fraction of sp³-hybridized carbons (Fsp3) is 0.150. The summed E-state index contributed by atoms with van der Waals surface area (Å²) in [5, 5.41) is 12.0. The fourth-order valence-electron chi connectivity index (χ4n) is 3.32. The highest BCUT2D eigenvalue weighted by molar-refractivity contribution is 7.98. The molecule has 1 heterocycles. The van der Waals surface area contributed by atoms with Crippen LogP contribution in [0.25, 0.3) is 21.9 Å². The first-order chi connectivity index (χ1) is 13.4. The molecule has 0 spiro atoms. The lowest BCUT2D eigenvalue weighted by molar-refractivity contribution is -0.108. The Bertz CT molecular complexity index is 1180. The summed E-state index contributed by atoms with van der Waals surface area (Å²) < 4.78 is 27.9. The molecule has 2 N–H and O–H groups in total. The minimum atomic E-state index is -3.87. The molecular formula is C20H18N2O4S2. The van der Waals surface area contributed by atoms with Gasteiger partial charge in [0.2, 0.25) is 0 Å². The summed E-state index contributed by atoms with van der Waals surface area (Å²) in [6.45, 7) is -0.0552. The van der Waals surface area contributed by atoms with Crippen LogP contribution in [0.3, 0.4) is 0 Å². The summed E-state index contributed by atoms with van der Waals surface area (Å²) in [5.74, 6) is -0.151. The van der Waals surface area contributed by atoms with Crippen LogP contribution in [0.5, 0.6) is 5.75 Å². The number of nitrogens with one attached hydrogen (secondary N) is 1. The molecule has 0 radical (unpaired) electrons. The highest BCUT2D eigenvalue weighted by atomic mass is 32.2. The molecule has 3 aromatic rings. The van der Waals surface area contributed by atoms with E-state index in [1.807, 2.05) is 42.7 Å². The van der Waals surface area contributed by atoms with Crippen molar-refractivity contribution in [3.8, 4) is 16.9 Å². The third-order valence-electron chi connectivity index (χ3n) is 4.72. The number of benzene rings is 3. The molecule has 0 bridgehead atoms. The van der Waals surface area contributed by atoms with Gasteiger partial charge in [0, 0.05) is 4.90 Å². The van der Waals surface area contributed by atoms with Crippen molar-refractivity contribution in [2.24, 2.45) is 0 Å². The third-order valence-corrected chi connectivity index (χ3v) is 6.97.